The highest BCUT2D eigenvalue weighted by Gasteiger charge is 2.09. The molecular weight excluding hydrogens is 450 g/mol. The number of hydrogen-bond acceptors (Lipinski definition) is 5. The van der Waals surface area contributed by atoms with Gasteiger partial charge in [0.15, 0.2) is 0 Å². The van der Waals surface area contributed by atoms with E-state index in [1.54, 1.807) is 0 Å². The van der Waals surface area contributed by atoms with Crippen molar-refractivity contribution >= 4 is 68.8 Å². The van der Waals surface area contributed by atoms with Crippen LogP contribution in [0.25, 0.3) is 20.2 Å². The number of nitrogens with one attached hydrogen (secondary N) is 2. The van der Waals surface area contributed by atoms with Gasteiger partial charge < -0.3 is 19.9 Å². The molecule has 172 valence electrons. The van der Waals surface area contributed by atoms with Crippen LogP contribution >= 0.6 is 11.3 Å². The normalized spacial score (nSPS) is 11.0. The van der Waals surface area contributed by atoms with Gasteiger partial charge in [-0.3, -0.25) is 0 Å². The number of hydrogen-bond donors (Lipinski definition) is 2. The van der Waals surface area contributed by atoms with Gasteiger partial charge in [0.2, 0.25) is 0 Å². The van der Waals surface area contributed by atoms with Gasteiger partial charge in [-0.1, -0.05) is 71.6 Å². The third-order valence-electron chi connectivity index (χ3n) is 5.60. The smallest absolute Gasteiger partial charge is 0.330 e. The molecule has 0 amide bonds. The molecule has 0 aliphatic rings. The quantitative estimate of drug-likeness (QED) is 0.201. The molecule has 0 spiro atoms. The van der Waals surface area contributed by atoms with Gasteiger partial charge in [0, 0.05) is 47.1 Å². The molecule has 0 unspecified atom stereocenters. The molecule has 2 radical (unpaired) electrons. The van der Waals surface area contributed by atoms with Crippen LogP contribution in [0, 0.1) is 0 Å². The molecule has 0 bridgehead atoms. The summed E-state index contributed by atoms with van der Waals surface area (Å²) >= 11 is 1.81. The largest absolute Gasteiger partial charge is 0.432 e. The molecule has 1 aromatic heterocycles. The number of benzene rings is 4. The third-order valence-corrected chi connectivity index (χ3v) is 6.75. The molecule has 1 heterocycles. The Morgan fingerprint density at radius 2 is 1.03 bits per heavy atom. The van der Waals surface area contributed by atoms with Crippen molar-refractivity contribution in [1.82, 2.24) is 0 Å². The highest BCUT2D eigenvalue weighted by atomic mass is 32.1. The summed E-state index contributed by atoms with van der Waals surface area (Å²) in [7, 11) is 3.68. The second kappa shape index (κ2) is 11.9. The zero-order valence-corrected chi connectivity index (χ0v) is 20.3. The van der Waals surface area contributed by atoms with E-state index in [-0.39, 0.29) is 0 Å². The molecule has 0 atom stereocenters. The molecule has 0 fully saturated rings. The molecule has 35 heavy (non-hydrogen) atoms. The van der Waals surface area contributed by atoms with Crippen LogP contribution in [-0.2, 0) is 9.31 Å². The zero-order chi connectivity index (χ0) is 23.7. The van der Waals surface area contributed by atoms with Gasteiger partial charge in [-0.2, -0.15) is 0 Å². The van der Waals surface area contributed by atoms with E-state index in [1.807, 2.05) is 62.7 Å². The molecule has 0 saturated carbocycles. The van der Waals surface area contributed by atoms with Crippen molar-refractivity contribution in [3.63, 3.8) is 0 Å². The first-order chi connectivity index (χ1) is 17.3. The molecule has 0 aliphatic heterocycles. The lowest BCUT2D eigenvalue weighted by molar-refractivity contribution is 0.358. The van der Waals surface area contributed by atoms with E-state index in [2.05, 4.69) is 71.3 Å². The third kappa shape index (κ3) is 6.45. The minimum absolute atomic E-state index is 0.604. The lowest BCUT2D eigenvalue weighted by Crippen LogP contribution is -2.21. The number of thiophene rings is 1. The Morgan fingerprint density at radius 1 is 0.571 bits per heavy atom. The summed E-state index contributed by atoms with van der Waals surface area (Å²) in [6, 6.07) is 33.3. The van der Waals surface area contributed by atoms with Crippen LogP contribution in [0.4, 0.5) is 11.4 Å². The fraction of sp³-hybridized carbons (Fsp3) is 0.143. The fourth-order valence-electron chi connectivity index (χ4n) is 3.89. The lowest BCUT2D eigenvalue weighted by Gasteiger charge is -2.07. The predicted molar refractivity (Wildman–Crippen MR) is 152 cm³/mol. The van der Waals surface area contributed by atoms with Gasteiger partial charge >= 0.3 is 15.0 Å². The number of fused-ring (bicyclic) bond motifs is 3. The molecule has 4 nitrogen and oxygen atoms in total. The molecule has 5 rings (SSSR count). The number of para-hydroxylation sites is 2. The summed E-state index contributed by atoms with van der Waals surface area (Å²) < 4.78 is 14.1. The van der Waals surface area contributed by atoms with Crippen LogP contribution in [0.15, 0.2) is 97.1 Å². The van der Waals surface area contributed by atoms with Crippen molar-refractivity contribution in [2.45, 2.75) is 0 Å². The first-order valence-electron chi connectivity index (χ1n) is 11.8. The van der Waals surface area contributed by atoms with Gasteiger partial charge in [0.1, 0.15) is 0 Å². The van der Waals surface area contributed by atoms with Crippen molar-refractivity contribution in [3.8, 4) is 0 Å². The Hall–Kier alpha value is -3.25. The van der Waals surface area contributed by atoms with E-state index in [4.69, 9.17) is 9.31 Å². The molecule has 4 aromatic carbocycles. The minimum atomic E-state index is 0.604. The summed E-state index contributed by atoms with van der Waals surface area (Å²) in [5.41, 5.74) is 4.33. The van der Waals surface area contributed by atoms with Gasteiger partial charge in [-0.05, 0) is 47.2 Å². The van der Waals surface area contributed by atoms with E-state index < -0.39 is 0 Å². The second-order valence-corrected chi connectivity index (χ2v) is 9.26. The standard InChI is InChI=1S/C28H26B2N2O2S/c1-3-7-23(8-4-1)31-15-17-33-29-21-11-13-27-25(19-21)26-20-22(12-14-28(26)35-27)30-34-18-16-32-24-9-5-2-6-10-24/h1-14,19-20,31-32H,15-18H2. The summed E-state index contributed by atoms with van der Waals surface area (Å²) in [4.78, 5) is 0. The van der Waals surface area contributed by atoms with Gasteiger partial charge in [-0.25, -0.2) is 0 Å². The molecule has 5 aromatic rings. The van der Waals surface area contributed by atoms with Crippen LogP contribution in [0.2, 0.25) is 0 Å². The first-order valence-corrected chi connectivity index (χ1v) is 12.6. The van der Waals surface area contributed by atoms with E-state index in [0.717, 1.165) is 35.4 Å². The van der Waals surface area contributed by atoms with Crippen molar-refractivity contribution in [3.05, 3.63) is 97.1 Å². The van der Waals surface area contributed by atoms with Crippen molar-refractivity contribution < 1.29 is 9.31 Å². The van der Waals surface area contributed by atoms with Crippen LogP contribution in [0.5, 0.6) is 0 Å². The summed E-state index contributed by atoms with van der Waals surface area (Å²) in [5, 5.41) is 9.20. The maximum absolute atomic E-state index is 5.79. The van der Waals surface area contributed by atoms with Crippen LogP contribution < -0.4 is 21.6 Å². The maximum atomic E-state index is 5.79. The number of rotatable bonds is 12. The van der Waals surface area contributed by atoms with Gasteiger partial charge in [-0.15, -0.1) is 11.3 Å². The molecule has 0 aliphatic carbocycles. The second-order valence-electron chi connectivity index (χ2n) is 8.18. The number of anilines is 2. The average molecular weight is 476 g/mol. The SMILES string of the molecule is [B](OCCNc1ccccc1)c1ccc2sc3ccc([B]OCCNc4ccccc4)cc3c2c1. The Labute approximate surface area is 211 Å². The van der Waals surface area contributed by atoms with Crippen LogP contribution in [-0.4, -0.2) is 41.3 Å². The zero-order valence-electron chi connectivity index (χ0n) is 19.4. The molecule has 0 saturated heterocycles. The van der Waals surface area contributed by atoms with E-state index in [9.17, 15) is 0 Å². The minimum Gasteiger partial charge on any atom is -0.432 e. The highest BCUT2D eigenvalue weighted by molar-refractivity contribution is 7.25. The van der Waals surface area contributed by atoms with E-state index in [1.165, 1.54) is 20.2 Å². The fourth-order valence-corrected chi connectivity index (χ4v) is 4.96. The van der Waals surface area contributed by atoms with E-state index >= 15 is 0 Å². The average Bonchev–Trinajstić information content (AvgIpc) is 3.27. The molecule has 2 N–H and O–H groups in total. The lowest BCUT2D eigenvalue weighted by atomic mass is 9.85. The first kappa shape index (κ1) is 23.5. The predicted octanol–water partition coefficient (Wildman–Crippen LogP) is 4.80. The van der Waals surface area contributed by atoms with Crippen molar-refractivity contribution in [1.29, 1.82) is 0 Å². The Kier molecular flexibility index (Phi) is 8.01. The van der Waals surface area contributed by atoms with Gasteiger partial charge in [0.25, 0.3) is 0 Å². The van der Waals surface area contributed by atoms with Crippen LogP contribution in [0.1, 0.15) is 0 Å². The monoisotopic (exact) mass is 476 g/mol. The van der Waals surface area contributed by atoms with Crippen molar-refractivity contribution in [2.24, 2.45) is 0 Å². The summed E-state index contributed by atoms with van der Waals surface area (Å²) in [6.45, 7) is 2.72. The topological polar surface area (TPSA) is 42.5 Å². The van der Waals surface area contributed by atoms with Gasteiger partial charge in [0.05, 0.1) is 0 Å². The Bertz CT molecular complexity index is 1260. The Balaban J connectivity index is 1.14. The van der Waals surface area contributed by atoms with Crippen molar-refractivity contribution in [2.75, 3.05) is 36.9 Å². The van der Waals surface area contributed by atoms with Crippen LogP contribution in [0.3, 0.4) is 0 Å². The molecule has 7 heteroatoms. The van der Waals surface area contributed by atoms with E-state index in [0.29, 0.717) is 13.2 Å². The highest BCUT2D eigenvalue weighted by Crippen LogP contribution is 2.32. The summed E-state index contributed by atoms with van der Waals surface area (Å²) in [6.07, 6.45) is 0. The maximum Gasteiger partial charge on any atom is 0.330 e. The Morgan fingerprint density at radius 3 is 1.49 bits per heavy atom. The summed E-state index contributed by atoms with van der Waals surface area (Å²) in [5.74, 6) is 0. The molecular formula is C28H26B2N2O2S.